The molecule has 20 heavy (non-hydrogen) atoms. The molecule has 0 N–H and O–H groups in total. The lowest BCUT2D eigenvalue weighted by Gasteiger charge is -1.98. The van der Waals surface area contributed by atoms with Gasteiger partial charge >= 0.3 is 0 Å². The van der Waals surface area contributed by atoms with E-state index in [1.165, 1.54) is 0 Å². The summed E-state index contributed by atoms with van der Waals surface area (Å²) in [7, 11) is 0. The van der Waals surface area contributed by atoms with Crippen molar-refractivity contribution in [1.29, 1.82) is 0 Å². The summed E-state index contributed by atoms with van der Waals surface area (Å²) < 4.78 is 3.08. The highest BCUT2D eigenvalue weighted by Gasteiger charge is 2.17. The van der Waals surface area contributed by atoms with Gasteiger partial charge in [-0.05, 0) is 12.1 Å². The first-order valence-electron chi connectivity index (χ1n) is 6.29. The smallest absolute Gasteiger partial charge is 0.195 e. The Morgan fingerprint density at radius 3 is 2.55 bits per heavy atom. The van der Waals surface area contributed by atoms with Crippen LogP contribution < -0.4 is 0 Å². The highest BCUT2D eigenvalue weighted by molar-refractivity contribution is 7.23. The first kappa shape index (κ1) is 11.4. The third-order valence-corrected chi connectivity index (χ3v) is 4.37. The van der Waals surface area contributed by atoms with Crippen LogP contribution in [-0.4, -0.2) is 15.7 Å². The summed E-state index contributed by atoms with van der Waals surface area (Å²) in [6.07, 6.45) is 0.890. The number of hydrogen-bond acceptors (Lipinski definition) is 3. The van der Waals surface area contributed by atoms with E-state index in [9.17, 15) is 4.79 Å². The van der Waals surface area contributed by atoms with Crippen molar-refractivity contribution in [2.75, 3.05) is 0 Å². The second-order valence-corrected chi connectivity index (χ2v) is 5.53. The van der Waals surface area contributed by atoms with E-state index in [0.717, 1.165) is 32.7 Å². The number of imidazole rings is 1. The summed E-state index contributed by atoms with van der Waals surface area (Å²) in [5.74, 6) is 0. The quantitative estimate of drug-likeness (QED) is 0.519. The first-order valence-corrected chi connectivity index (χ1v) is 7.11. The molecule has 3 nitrogen and oxygen atoms in total. The zero-order valence-corrected chi connectivity index (χ0v) is 11.3. The van der Waals surface area contributed by atoms with Crippen molar-refractivity contribution in [2.45, 2.75) is 0 Å². The van der Waals surface area contributed by atoms with Gasteiger partial charge in [0.2, 0.25) is 0 Å². The Bertz CT molecular complexity index is 922. The monoisotopic (exact) mass is 278 g/mol. The second-order valence-electron chi connectivity index (χ2n) is 4.52. The molecule has 0 spiro atoms. The molecule has 0 unspecified atom stereocenters. The predicted octanol–water partition coefficient (Wildman–Crippen LogP) is 4.03. The number of para-hydroxylation sites is 1. The van der Waals surface area contributed by atoms with E-state index < -0.39 is 0 Å². The molecule has 0 bridgehead atoms. The van der Waals surface area contributed by atoms with Gasteiger partial charge in [-0.3, -0.25) is 9.20 Å². The lowest BCUT2D eigenvalue weighted by Crippen LogP contribution is -1.91. The molecule has 4 rings (SSSR count). The average Bonchev–Trinajstić information content (AvgIpc) is 3.03. The van der Waals surface area contributed by atoms with Crippen LogP contribution in [0.1, 0.15) is 10.5 Å². The van der Waals surface area contributed by atoms with Crippen molar-refractivity contribution < 1.29 is 4.79 Å². The number of fused-ring (bicyclic) bond motifs is 3. The molecule has 0 fully saturated rings. The van der Waals surface area contributed by atoms with Crippen molar-refractivity contribution in [2.24, 2.45) is 0 Å². The summed E-state index contributed by atoms with van der Waals surface area (Å²) in [6.45, 7) is 0. The molecule has 0 saturated heterocycles. The largest absolute Gasteiger partial charge is 0.296 e. The van der Waals surface area contributed by atoms with Crippen molar-refractivity contribution in [3.8, 4) is 11.3 Å². The van der Waals surface area contributed by atoms with Crippen LogP contribution in [0.5, 0.6) is 0 Å². The van der Waals surface area contributed by atoms with Crippen molar-refractivity contribution in [1.82, 2.24) is 9.38 Å². The van der Waals surface area contributed by atoms with Crippen LogP contribution >= 0.6 is 11.3 Å². The van der Waals surface area contributed by atoms with Gasteiger partial charge in [-0.1, -0.05) is 53.8 Å². The molecule has 0 aliphatic heterocycles. The minimum absolute atomic E-state index is 0.614. The summed E-state index contributed by atoms with van der Waals surface area (Å²) in [5, 5.41) is 0. The van der Waals surface area contributed by atoms with Crippen molar-refractivity contribution >= 4 is 32.8 Å². The number of aldehydes is 1. The predicted molar refractivity (Wildman–Crippen MR) is 81.4 cm³/mol. The summed E-state index contributed by atoms with van der Waals surface area (Å²) in [4.78, 5) is 17.1. The topological polar surface area (TPSA) is 34.4 Å². The second kappa shape index (κ2) is 4.28. The Kier molecular flexibility index (Phi) is 2.44. The van der Waals surface area contributed by atoms with E-state index in [4.69, 9.17) is 0 Å². The highest BCUT2D eigenvalue weighted by Crippen LogP contribution is 2.31. The number of carbonyl (C=O) groups is 1. The molecule has 0 aliphatic rings. The molecule has 96 valence electrons. The number of rotatable bonds is 2. The van der Waals surface area contributed by atoms with Crippen LogP contribution in [0.4, 0.5) is 0 Å². The van der Waals surface area contributed by atoms with Gasteiger partial charge < -0.3 is 0 Å². The number of benzene rings is 2. The summed E-state index contributed by atoms with van der Waals surface area (Å²) in [6, 6.07) is 17.8. The number of thiazole rings is 1. The lowest BCUT2D eigenvalue weighted by atomic mass is 10.1. The van der Waals surface area contributed by atoms with Crippen LogP contribution in [0.25, 0.3) is 26.4 Å². The van der Waals surface area contributed by atoms with Crippen LogP contribution in [0.2, 0.25) is 0 Å². The molecule has 2 heterocycles. The number of aromatic nitrogens is 2. The van der Waals surface area contributed by atoms with E-state index in [0.29, 0.717) is 5.69 Å². The van der Waals surface area contributed by atoms with Gasteiger partial charge in [0.05, 0.1) is 10.2 Å². The van der Waals surface area contributed by atoms with E-state index >= 15 is 0 Å². The SMILES string of the molecule is O=Cc1c(-c2ccccc2)nc2sc3ccccc3n12. The Morgan fingerprint density at radius 1 is 1.00 bits per heavy atom. The van der Waals surface area contributed by atoms with Gasteiger partial charge in [-0.25, -0.2) is 4.98 Å². The maximum atomic E-state index is 11.6. The molecule has 0 atom stereocenters. The van der Waals surface area contributed by atoms with Gasteiger partial charge in [0, 0.05) is 5.56 Å². The van der Waals surface area contributed by atoms with Crippen molar-refractivity contribution in [3.05, 3.63) is 60.3 Å². The molecule has 0 amide bonds. The molecular weight excluding hydrogens is 268 g/mol. The van der Waals surface area contributed by atoms with Gasteiger partial charge in [0.15, 0.2) is 11.2 Å². The fourth-order valence-electron chi connectivity index (χ4n) is 2.46. The average molecular weight is 278 g/mol. The minimum Gasteiger partial charge on any atom is -0.296 e. The zero-order chi connectivity index (χ0) is 13.5. The van der Waals surface area contributed by atoms with Crippen LogP contribution in [0.15, 0.2) is 54.6 Å². The third-order valence-electron chi connectivity index (χ3n) is 3.35. The molecule has 4 heteroatoms. The Balaban J connectivity index is 2.11. The van der Waals surface area contributed by atoms with E-state index in [-0.39, 0.29) is 0 Å². The summed E-state index contributed by atoms with van der Waals surface area (Å²) in [5.41, 5.74) is 3.36. The number of carbonyl (C=O) groups excluding carboxylic acids is 1. The van der Waals surface area contributed by atoms with Crippen LogP contribution in [0, 0.1) is 0 Å². The Morgan fingerprint density at radius 2 is 1.75 bits per heavy atom. The Labute approximate surface area is 119 Å². The van der Waals surface area contributed by atoms with Gasteiger partial charge in [0.25, 0.3) is 0 Å². The molecular formula is C16H10N2OS. The minimum atomic E-state index is 0.614. The number of nitrogens with zero attached hydrogens (tertiary/aromatic N) is 2. The first-order chi connectivity index (χ1) is 9.88. The zero-order valence-electron chi connectivity index (χ0n) is 10.5. The molecule has 4 aromatic rings. The van der Waals surface area contributed by atoms with Gasteiger partial charge in [-0.15, -0.1) is 0 Å². The highest BCUT2D eigenvalue weighted by atomic mass is 32.1. The molecule has 0 aliphatic carbocycles. The van der Waals surface area contributed by atoms with Crippen LogP contribution in [0.3, 0.4) is 0 Å². The third kappa shape index (κ3) is 1.52. The standard InChI is InChI=1S/C16H10N2OS/c19-10-13-15(11-6-2-1-3-7-11)17-16-18(13)12-8-4-5-9-14(12)20-16/h1-10H. The fraction of sp³-hybridized carbons (Fsp3) is 0. The maximum Gasteiger partial charge on any atom is 0.195 e. The lowest BCUT2D eigenvalue weighted by molar-refractivity contribution is 0.111. The molecule has 0 saturated carbocycles. The summed E-state index contributed by atoms with van der Waals surface area (Å²) >= 11 is 1.60. The van der Waals surface area contributed by atoms with Crippen LogP contribution in [-0.2, 0) is 0 Å². The van der Waals surface area contributed by atoms with Gasteiger partial charge in [0.1, 0.15) is 11.4 Å². The fourth-order valence-corrected chi connectivity index (χ4v) is 3.49. The number of hydrogen-bond donors (Lipinski definition) is 0. The van der Waals surface area contributed by atoms with E-state index in [2.05, 4.69) is 4.98 Å². The molecule has 2 aromatic heterocycles. The molecule has 0 radical (unpaired) electrons. The van der Waals surface area contributed by atoms with Crippen molar-refractivity contribution in [3.63, 3.8) is 0 Å². The Hall–Kier alpha value is -2.46. The normalized spacial score (nSPS) is 11.2. The van der Waals surface area contributed by atoms with Gasteiger partial charge in [-0.2, -0.15) is 0 Å². The van der Waals surface area contributed by atoms with E-state index in [1.54, 1.807) is 11.3 Å². The molecule has 2 aromatic carbocycles. The van der Waals surface area contributed by atoms with E-state index in [1.807, 2.05) is 59.0 Å². The maximum absolute atomic E-state index is 11.6.